The first-order chi connectivity index (χ1) is 32.8. The fraction of sp³-hybridized carbons (Fsp3) is 0.592. The molecule has 0 radical (unpaired) electrons. The number of benzene rings is 2. The molecule has 16 N–H and O–H groups in total. The molecule has 7 amide bonds. The maximum atomic E-state index is 14.0. The SMILES string of the molecule is CC(C)C[C@@H](C[NH2+][C@@H](CC(C)C)C(=O)N[C@@H](CCC(N)=O)C(=O)N[C@@H](Cc1ccccc1)C(=O)[O-])NC(=O)[C@H](CO)NC(=O)[C@H](Cc1ccccc1)NC(=O)[C@@H]1CCCN1C(=O)[C@@H]([NH3+])CCCC[NH3+]. The highest BCUT2D eigenvalue weighted by Crippen LogP contribution is 2.20. The molecular formula is C49H78N10O10+2. The number of aliphatic carboxylic acids is 1. The molecule has 0 spiro atoms. The van der Waals surface area contributed by atoms with Gasteiger partial charge in [0.25, 0.3) is 11.8 Å². The van der Waals surface area contributed by atoms with Gasteiger partial charge < -0.3 is 69.0 Å². The quantitative estimate of drug-likeness (QED) is 0.0326. The van der Waals surface area contributed by atoms with Gasteiger partial charge in [-0.15, -0.1) is 0 Å². The molecule has 1 aliphatic rings. The lowest BCUT2D eigenvalue weighted by molar-refractivity contribution is -0.680. The van der Waals surface area contributed by atoms with Crippen molar-refractivity contribution in [2.45, 2.75) is 147 Å². The predicted octanol–water partition coefficient (Wildman–Crippen LogP) is -4.06. The number of carbonyl (C=O) groups is 8. The number of hydrogen-bond donors (Lipinski definition) is 10. The van der Waals surface area contributed by atoms with Gasteiger partial charge in [-0.25, -0.2) is 0 Å². The molecule has 69 heavy (non-hydrogen) atoms. The lowest BCUT2D eigenvalue weighted by Crippen LogP contribution is -2.95. The van der Waals surface area contributed by atoms with Gasteiger partial charge in [0.1, 0.15) is 24.2 Å². The normalized spacial score (nSPS) is 16.6. The molecule has 1 aliphatic heterocycles. The van der Waals surface area contributed by atoms with Crippen LogP contribution in [0.1, 0.15) is 96.6 Å². The minimum atomic E-state index is -1.53. The number of aliphatic hydroxyl groups excluding tert-OH is 1. The van der Waals surface area contributed by atoms with Gasteiger partial charge in [0.05, 0.1) is 37.7 Å². The van der Waals surface area contributed by atoms with E-state index in [0.717, 1.165) is 24.9 Å². The largest absolute Gasteiger partial charge is 0.548 e. The number of carboxylic acid groups (broad SMARTS) is 1. The molecular weight excluding hydrogens is 889 g/mol. The van der Waals surface area contributed by atoms with Crippen molar-refractivity contribution in [1.82, 2.24) is 31.5 Å². The number of amides is 7. The number of aliphatic hydroxyl groups is 1. The Morgan fingerprint density at radius 3 is 1.84 bits per heavy atom. The number of quaternary nitrogens is 3. The number of hydrogen-bond acceptors (Lipinski definition) is 10. The fourth-order valence-electron chi connectivity index (χ4n) is 8.40. The van der Waals surface area contributed by atoms with Crippen LogP contribution in [0.15, 0.2) is 60.7 Å². The van der Waals surface area contributed by atoms with Crippen LogP contribution in [0.5, 0.6) is 0 Å². The summed E-state index contributed by atoms with van der Waals surface area (Å²) in [6.45, 7) is 8.22. The summed E-state index contributed by atoms with van der Waals surface area (Å²) in [6.07, 6.45) is 3.50. The second-order valence-corrected chi connectivity index (χ2v) is 18.9. The van der Waals surface area contributed by atoms with Crippen molar-refractivity contribution in [3.05, 3.63) is 71.8 Å². The van der Waals surface area contributed by atoms with Crippen LogP contribution in [0.3, 0.4) is 0 Å². The zero-order valence-electron chi connectivity index (χ0n) is 40.8. The molecule has 382 valence electrons. The van der Waals surface area contributed by atoms with E-state index in [-0.39, 0.29) is 50.0 Å². The van der Waals surface area contributed by atoms with Crippen LogP contribution in [0.2, 0.25) is 0 Å². The molecule has 1 heterocycles. The van der Waals surface area contributed by atoms with Gasteiger partial charge in [0, 0.05) is 32.2 Å². The van der Waals surface area contributed by atoms with Crippen LogP contribution in [-0.4, -0.2) is 132 Å². The van der Waals surface area contributed by atoms with Gasteiger partial charge in [-0.3, -0.25) is 33.6 Å². The number of nitrogens with zero attached hydrogens (tertiary/aromatic N) is 1. The summed E-state index contributed by atoms with van der Waals surface area (Å²) < 4.78 is 0. The second-order valence-electron chi connectivity index (χ2n) is 18.9. The van der Waals surface area contributed by atoms with E-state index < -0.39 is 96.4 Å². The Balaban J connectivity index is 1.75. The van der Waals surface area contributed by atoms with Gasteiger partial charge in [-0.2, -0.15) is 0 Å². The van der Waals surface area contributed by atoms with Crippen molar-refractivity contribution in [3.8, 4) is 0 Å². The summed E-state index contributed by atoms with van der Waals surface area (Å²) in [5.41, 5.74) is 14.6. The number of unbranched alkanes of at least 4 members (excludes halogenated alkanes) is 1. The van der Waals surface area contributed by atoms with Crippen molar-refractivity contribution in [2.75, 3.05) is 26.2 Å². The highest BCUT2D eigenvalue weighted by molar-refractivity contribution is 5.95. The molecule has 0 unspecified atom stereocenters. The molecule has 1 fully saturated rings. The van der Waals surface area contributed by atoms with Crippen molar-refractivity contribution >= 4 is 47.3 Å². The first-order valence-electron chi connectivity index (χ1n) is 24.3. The first-order valence-corrected chi connectivity index (χ1v) is 24.3. The van der Waals surface area contributed by atoms with Gasteiger partial charge in [-0.05, 0) is 67.9 Å². The first kappa shape index (κ1) is 57.4. The monoisotopic (exact) mass is 967 g/mol. The van der Waals surface area contributed by atoms with E-state index in [2.05, 4.69) is 38.1 Å². The lowest BCUT2D eigenvalue weighted by atomic mass is 9.99. The number of primary amides is 1. The molecule has 3 rings (SSSR count). The van der Waals surface area contributed by atoms with Crippen molar-refractivity contribution in [1.29, 1.82) is 0 Å². The smallest absolute Gasteiger partial charge is 0.281 e. The highest BCUT2D eigenvalue weighted by atomic mass is 16.4. The Morgan fingerprint density at radius 2 is 1.29 bits per heavy atom. The third-order valence-corrected chi connectivity index (χ3v) is 12.0. The molecule has 0 aromatic heterocycles. The zero-order valence-corrected chi connectivity index (χ0v) is 40.8. The fourth-order valence-corrected chi connectivity index (χ4v) is 8.40. The molecule has 2 aromatic carbocycles. The maximum Gasteiger partial charge on any atom is 0.281 e. The zero-order chi connectivity index (χ0) is 51.0. The lowest BCUT2D eigenvalue weighted by Gasteiger charge is -2.28. The van der Waals surface area contributed by atoms with Gasteiger partial charge >= 0.3 is 0 Å². The minimum absolute atomic E-state index is 0.00835. The molecule has 20 nitrogen and oxygen atoms in total. The van der Waals surface area contributed by atoms with Crippen molar-refractivity contribution in [2.24, 2.45) is 17.6 Å². The summed E-state index contributed by atoms with van der Waals surface area (Å²) in [4.78, 5) is 108. The topological polar surface area (TPSA) is 341 Å². The van der Waals surface area contributed by atoms with Gasteiger partial charge in [0.15, 0.2) is 12.1 Å². The molecule has 20 heteroatoms. The number of nitrogens with two attached hydrogens (primary N) is 2. The van der Waals surface area contributed by atoms with Crippen LogP contribution < -0.4 is 54.2 Å². The van der Waals surface area contributed by atoms with E-state index in [1.54, 1.807) is 59.9 Å². The van der Waals surface area contributed by atoms with E-state index in [1.807, 2.05) is 33.8 Å². The van der Waals surface area contributed by atoms with Crippen LogP contribution in [0.4, 0.5) is 0 Å². The Hall–Kier alpha value is -5.96. The molecule has 2 aromatic rings. The van der Waals surface area contributed by atoms with Crippen LogP contribution >= 0.6 is 0 Å². The summed E-state index contributed by atoms with van der Waals surface area (Å²) in [5, 5.41) is 37.8. The third kappa shape index (κ3) is 20.3. The summed E-state index contributed by atoms with van der Waals surface area (Å²) >= 11 is 0. The van der Waals surface area contributed by atoms with Gasteiger partial charge in [-0.1, -0.05) is 88.4 Å². The van der Waals surface area contributed by atoms with Crippen LogP contribution in [0.25, 0.3) is 0 Å². The van der Waals surface area contributed by atoms with E-state index in [0.29, 0.717) is 44.2 Å². The molecule has 8 atom stereocenters. The second kappa shape index (κ2) is 29.8. The van der Waals surface area contributed by atoms with E-state index in [9.17, 15) is 48.6 Å². The maximum absolute atomic E-state index is 14.0. The van der Waals surface area contributed by atoms with E-state index in [1.165, 1.54) is 4.90 Å². The number of nitrogens with one attached hydrogen (secondary N) is 5. The summed E-state index contributed by atoms with van der Waals surface area (Å²) in [6, 6.07) is 9.52. The van der Waals surface area contributed by atoms with Crippen LogP contribution in [0, 0.1) is 11.8 Å². The number of carbonyl (C=O) groups excluding carboxylic acids is 8. The molecule has 0 bridgehead atoms. The minimum Gasteiger partial charge on any atom is -0.548 e. The van der Waals surface area contributed by atoms with Gasteiger partial charge in [0.2, 0.25) is 29.5 Å². The standard InChI is InChI=1S/C49H76N10O10/c1-30(2)24-34(28-53-37(25-31(3)4)44(63)55-36(20-21-42(52)61)43(62)57-39(49(68)69)27-33-16-9-6-10-17-33)54-46(65)40(29-60)58-45(64)38(26-32-14-7-5-8-15-32)56-47(66)41-19-13-23-59(41)48(67)35(51)18-11-12-22-50/h5-10,14-17,30-31,34-41,53,60H,11-13,18-29,50-51H2,1-4H3,(H2,52,61)(H,54,65)(H,55,63)(H,56,66)(H,57,62)(H,58,64)(H,68,69)/p+2/t34-,35-,36-,37-,38-,39-,40-,41-/m0/s1. The average Bonchev–Trinajstić information content (AvgIpc) is 3.80. The van der Waals surface area contributed by atoms with Crippen molar-refractivity contribution in [3.63, 3.8) is 0 Å². The predicted molar refractivity (Wildman–Crippen MR) is 253 cm³/mol. The highest BCUT2D eigenvalue weighted by Gasteiger charge is 2.39. The van der Waals surface area contributed by atoms with Crippen LogP contribution in [-0.2, 0) is 51.2 Å². The summed E-state index contributed by atoms with van der Waals surface area (Å²) in [7, 11) is 0. The molecule has 1 saturated heterocycles. The Bertz CT molecular complexity index is 1970. The van der Waals surface area contributed by atoms with E-state index in [4.69, 9.17) is 5.73 Å². The number of likely N-dealkylation sites (tertiary alicyclic amines) is 1. The molecule has 0 saturated carbocycles. The number of carboxylic acids is 1. The summed E-state index contributed by atoms with van der Waals surface area (Å²) in [5.74, 6) is -5.76. The third-order valence-electron chi connectivity index (χ3n) is 12.0. The average molecular weight is 967 g/mol. The number of rotatable bonds is 31. The Kier molecular flexibility index (Phi) is 24.8. The Labute approximate surface area is 405 Å². The molecule has 0 aliphatic carbocycles. The van der Waals surface area contributed by atoms with Crippen molar-refractivity contribution < 1.29 is 65.4 Å². The van der Waals surface area contributed by atoms with E-state index >= 15 is 0 Å². The Morgan fingerprint density at radius 1 is 0.739 bits per heavy atom.